The fraction of sp³-hybridized carbons (Fsp3) is 0.619. The van der Waals surface area contributed by atoms with Gasteiger partial charge in [0.15, 0.2) is 0 Å². The van der Waals surface area contributed by atoms with Crippen LogP contribution < -0.4 is 10.8 Å². The van der Waals surface area contributed by atoms with E-state index in [4.69, 9.17) is 16.4 Å². The van der Waals surface area contributed by atoms with E-state index in [1.54, 1.807) is 12.1 Å². The predicted molar refractivity (Wildman–Crippen MR) is 105 cm³/mol. The lowest BCUT2D eigenvalue weighted by atomic mass is 9.70. The molecule has 1 aliphatic heterocycles. The van der Waals surface area contributed by atoms with Crippen molar-refractivity contribution in [3.8, 4) is 6.07 Å². The van der Waals surface area contributed by atoms with Crippen LogP contribution >= 0.6 is 11.6 Å². The van der Waals surface area contributed by atoms with Crippen LogP contribution in [0.3, 0.4) is 0 Å². The molecule has 5 nitrogen and oxygen atoms in total. The monoisotopic (exact) mass is 389 g/mol. The molecule has 3 atom stereocenters. The number of halogens is 1. The summed E-state index contributed by atoms with van der Waals surface area (Å²) in [5.41, 5.74) is 2.70. The summed E-state index contributed by atoms with van der Waals surface area (Å²) in [5, 5.41) is 14.2. The molecule has 0 aromatic heterocycles. The molecule has 27 heavy (non-hydrogen) atoms. The van der Waals surface area contributed by atoms with E-state index in [-0.39, 0.29) is 17.4 Å². The molecule has 1 aliphatic carbocycles. The van der Waals surface area contributed by atoms with Crippen LogP contribution in [0.15, 0.2) is 24.3 Å². The molecule has 1 aromatic carbocycles. The van der Waals surface area contributed by atoms with Crippen LogP contribution in [0.5, 0.6) is 0 Å². The van der Waals surface area contributed by atoms with Crippen molar-refractivity contribution in [3.63, 3.8) is 0 Å². The molecule has 0 spiro atoms. The Morgan fingerprint density at radius 1 is 1.37 bits per heavy atom. The Hall–Kier alpha value is -1.61. The third-order valence-electron chi connectivity index (χ3n) is 5.40. The van der Waals surface area contributed by atoms with E-state index in [1.165, 1.54) is 12.8 Å². The number of carbonyl (C=O) groups excluding carboxylic acids is 1. The number of nitrogens with zero attached hydrogens (tertiary/aromatic N) is 1. The normalized spacial score (nSPS) is 28.0. The fourth-order valence-electron chi connectivity index (χ4n) is 3.76. The molecule has 1 saturated heterocycles. The Morgan fingerprint density at radius 2 is 2.04 bits per heavy atom. The summed E-state index contributed by atoms with van der Waals surface area (Å²) in [4.78, 5) is 18.0. The number of rotatable bonds is 6. The maximum atomic E-state index is 12.6. The topological polar surface area (TPSA) is 74.2 Å². The minimum atomic E-state index is -0.781. The minimum absolute atomic E-state index is 0.0139. The largest absolute Gasteiger partial charge is 0.301 e. The number of benzene rings is 1. The minimum Gasteiger partial charge on any atom is -0.301 e. The van der Waals surface area contributed by atoms with Gasteiger partial charge < -0.3 is 5.32 Å². The standard InChI is InChI=1S/C21H28ClN3O2/c1-20(2,3)11-18-21(13-23,15-6-8-16(22)9-7-15)10-17(24-18)19(26)25-27-12-14-4-5-14/h6-9,14,17-18,24H,4-5,10-12H2,1-3H3,(H,25,26). The molecule has 6 heteroatoms. The van der Waals surface area contributed by atoms with E-state index in [0.717, 1.165) is 12.0 Å². The summed E-state index contributed by atoms with van der Waals surface area (Å²) in [6.07, 6.45) is 3.51. The maximum absolute atomic E-state index is 12.6. The van der Waals surface area contributed by atoms with Crippen molar-refractivity contribution in [2.24, 2.45) is 11.3 Å². The summed E-state index contributed by atoms with van der Waals surface area (Å²) < 4.78 is 0. The quantitative estimate of drug-likeness (QED) is 0.727. The molecule has 1 aromatic rings. The molecule has 3 unspecified atom stereocenters. The Morgan fingerprint density at radius 3 is 2.59 bits per heavy atom. The lowest BCUT2D eigenvalue weighted by Gasteiger charge is -2.33. The molecule has 1 amide bonds. The van der Waals surface area contributed by atoms with Gasteiger partial charge in [-0.25, -0.2) is 5.48 Å². The number of hydrogen-bond donors (Lipinski definition) is 2. The molecule has 2 aliphatic rings. The molecule has 2 N–H and O–H groups in total. The number of carbonyl (C=O) groups is 1. The molecular weight excluding hydrogens is 362 g/mol. The summed E-state index contributed by atoms with van der Waals surface area (Å²) in [6.45, 7) is 6.99. The molecular formula is C21H28ClN3O2. The molecule has 3 rings (SSSR count). The van der Waals surface area contributed by atoms with Gasteiger partial charge in [0.05, 0.1) is 24.1 Å². The molecule has 1 heterocycles. The zero-order valence-electron chi connectivity index (χ0n) is 16.2. The Balaban J connectivity index is 1.80. The average Bonchev–Trinajstić information content (AvgIpc) is 3.35. The first-order valence-electron chi connectivity index (χ1n) is 9.58. The SMILES string of the molecule is CC(C)(C)CC1NC(C(=O)NOCC2CC2)CC1(C#N)c1ccc(Cl)cc1. The highest BCUT2D eigenvalue weighted by molar-refractivity contribution is 6.30. The number of nitriles is 1. The number of hydroxylamine groups is 1. The van der Waals surface area contributed by atoms with Gasteiger partial charge in [0.1, 0.15) is 0 Å². The summed E-state index contributed by atoms with van der Waals surface area (Å²) in [7, 11) is 0. The van der Waals surface area contributed by atoms with Crippen molar-refractivity contribution < 1.29 is 9.63 Å². The average molecular weight is 390 g/mol. The lowest BCUT2D eigenvalue weighted by molar-refractivity contribution is -0.135. The van der Waals surface area contributed by atoms with Crippen LogP contribution in [-0.4, -0.2) is 24.6 Å². The van der Waals surface area contributed by atoms with E-state index >= 15 is 0 Å². The van der Waals surface area contributed by atoms with Gasteiger partial charge in [0, 0.05) is 11.1 Å². The van der Waals surface area contributed by atoms with Crippen LogP contribution in [0.1, 0.15) is 52.0 Å². The molecule has 0 radical (unpaired) electrons. The van der Waals surface area contributed by atoms with Crippen molar-refractivity contribution in [2.45, 2.75) is 64.0 Å². The number of nitrogens with one attached hydrogen (secondary N) is 2. The van der Waals surface area contributed by atoms with Gasteiger partial charge in [0.2, 0.25) is 0 Å². The van der Waals surface area contributed by atoms with Crippen molar-refractivity contribution in [3.05, 3.63) is 34.9 Å². The number of hydrogen-bond acceptors (Lipinski definition) is 4. The Kier molecular flexibility index (Phi) is 5.81. The summed E-state index contributed by atoms with van der Waals surface area (Å²) in [5.74, 6) is 0.364. The van der Waals surface area contributed by atoms with Gasteiger partial charge in [-0.3, -0.25) is 9.63 Å². The lowest BCUT2D eigenvalue weighted by Crippen LogP contribution is -2.45. The Labute approximate surface area is 166 Å². The third kappa shape index (κ3) is 4.82. The summed E-state index contributed by atoms with van der Waals surface area (Å²) in [6, 6.07) is 9.32. The van der Waals surface area contributed by atoms with Crippen molar-refractivity contribution in [1.82, 2.24) is 10.8 Å². The highest BCUT2D eigenvalue weighted by atomic mass is 35.5. The van der Waals surface area contributed by atoms with Gasteiger partial charge in [-0.2, -0.15) is 5.26 Å². The van der Waals surface area contributed by atoms with E-state index in [1.807, 2.05) is 12.1 Å². The first kappa shape index (κ1) is 20.1. The van der Waals surface area contributed by atoms with Gasteiger partial charge in [0.25, 0.3) is 5.91 Å². The second-order valence-electron chi connectivity index (χ2n) is 9.05. The number of amides is 1. The van der Waals surface area contributed by atoms with Gasteiger partial charge in [-0.1, -0.05) is 44.5 Å². The molecule has 1 saturated carbocycles. The zero-order chi connectivity index (χ0) is 19.7. The van der Waals surface area contributed by atoms with Crippen molar-refractivity contribution >= 4 is 17.5 Å². The molecule has 146 valence electrons. The van der Waals surface area contributed by atoms with E-state index in [0.29, 0.717) is 24.0 Å². The van der Waals surface area contributed by atoms with Crippen LogP contribution in [-0.2, 0) is 15.0 Å². The van der Waals surface area contributed by atoms with Gasteiger partial charge in [-0.15, -0.1) is 0 Å². The van der Waals surface area contributed by atoms with Crippen molar-refractivity contribution in [2.75, 3.05) is 6.61 Å². The van der Waals surface area contributed by atoms with Gasteiger partial charge >= 0.3 is 0 Å². The Bertz CT molecular complexity index is 718. The third-order valence-corrected chi connectivity index (χ3v) is 5.66. The smallest absolute Gasteiger partial charge is 0.260 e. The summed E-state index contributed by atoms with van der Waals surface area (Å²) >= 11 is 6.04. The van der Waals surface area contributed by atoms with E-state index in [2.05, 4.69) is 37.6 Å². The predicted octanol–water partition coefficient (Wildman–Crippen LogP) is 3.73. The van der Waals surface area contributed by atoms with Crippen LogP contribution in [0.4, 0.5) is 0 Å². The first-order chi connectivity index (χ1) is 12.7. The highest BCUT2D eigenvalue weighted by Gasteiger charge is 2.51. The van der Waals surface area contributed by atoms with Crippen LogP contribution in [0.25, 0.3) is 0 Å². The zero-order valence-corrected chi connectivity index (χ0v) is 17.0. The second kappa shape index (κ2) is 7.79. The second-order valence-corrected chi connectivity index (χ2v) is 9.49. The molecule has 0 bridgehead atoms. The van der Waals surface area contributed by atoms with Crippen LogP contribution in [0.2, 0.25) is 5.02 Å². The van der Waals surface area contributed by atoms with E-state index < -0.39 is 11.5 Å². The fourth-order valence-corrected chi connectivity index (χ4v) is 3.89. The first-order valence-corrected chi connectivity index (χ1v) is 9.96. The van der Waals surface area contributed by atoms with Gasteiger partial charge in [-0.05, 0) is 54.7 Å². The molecule has 2 fully saturated rings. The van der Waals surface area contributed by atoms with Crippen LogP contribution in [0, 0.1) is 22.7 Å². The van der Waals surface area contributed by atoms with E-state index in [9.17, 15) is 10.1 Å². The van der Waals surface area contributed by atoms with Crippen molar-refractivity contribution in [1.29, 1.82) is 5.26 Å². The highest BCUT2D eigenvalue weighted by Crippen LogP contribution is 2.42. The maximum Gasteiger partial charge on any atom is 0.260 e.